The van der Waals surface area contributed by atoms with Gasteiger partial charge in [-0.05, 0) is 18.8 Å². The van der Waals surface area contributed by atoms with Crippen molar-refractivity contribution >= 4 is 18.3 Å². The molecule has 0 aromatic carbocycles. The average Bonchev–Trinajstić information content (AvgIpc) is 2.30. The molecular formula is C15H32ClN3O. The van der Waals surface area contributed by atoms with Gasteiger partial charge < -0.3 is 10.2 Å². The lowest BCUT2D eigenvalue weighted by Crippen LogP contribution is -2.53. The van der Waals surface area contributed by atoms with Crippen molar-refractivity contribution in [2.24, 2.45) is 11.8 Å². The highest BCUT2D eigenvalue weighted by molar-refractivity contribution is 5.85. The molecule has 1 heterocycles. The average molecular weight is 306 g/mol. The van der Waals surface area contributed by atoms with Gasteiger partial charge in [0.25, 0.3) is 0 Å². The predicted octanol–water partition coefficient (Wildman–Crippen LogP) is 1.84. The minimum Gasteiger partial charge on any atom is -0.341 e. The molecule has 0 aromatic rings. The molecule has 0 saturated carbocycles. The van der Waals surface area contributed by atoms with Gasteiger partial charge in [-0.3, -0.25) is 9.69 Å². The van der Waals surface area contributed by atoms with E-state index in [1.165, 1.54) is 0 Å². The lowest BCUT2D eigenvalue weighted by Gasteiger charge is -2.35. The Balaban J connectivity index is 0.00000361. The quantitative estimate of drug-likeness (QED) is 0.813. The van der Waals surface area contributed by atoms with Gasteiger partial charge in [-0.1, -0.05) is 27.7 Å². The van der Waals surface area contributed by atoms with Crippen LogP contribution in [0.3, 0.4) is 0 Å². The van der Waals surface area contributed by atoms with Crippen molar-refractivity contribution in [2.75, 3.05) is 39.3 Å². The molecule has 0 radical (unpaired) electrons. The first-order chi connectivity index (χ1) is 8.90. The summed E-state index contributed by atoms with van der Waals surface area (Å²) in [6, 6.07) is 0.456. The number of rotatable bonds is 6. The molecule has 1 atom stereocenters. The van der Waals surface area contributed by atoms with E-state index < -0.39 is 0 Å². The zero-order valence-electron chi connectivity index (χ0n) is 13.7. The van der Waals surface area contributed by atoms with Gasteiger partial charge in [-0.2, -0.15) is 0 Å². The van der Waals surface area contributed by atoms with E-state index in [1.54, 1.807) is 0 Å². The summed E-state index contributed by atoms with van der Waals surface area (Å²) in [5.41, 5.74) is 0. The van der Waals surface area contributed by atoms with Crippen molar-refractivity contribution in [3.8, 4) is 0 Å². The summed E-state index contributed by atoms with van der Waals surface area (Å²) >= 11 is 0. The number of halogens is 1. The number of piperazine rings is 1. The number of carbonyl (C=O) groups excluding carboxylic acids is 1. The van der Waals surface area contributed by atoms with Gasteiger partial charge in [0.05, 0.1) is 6.54 Å². The Bertz CT molecular complexity index is 274. The lowest BCUT2D eigenvalue weighted by molar-refractivity contribution is -0.134. The number of nitrogens with zero attached hydrogens (tertiary/aromatic N) is 2. The van der Waals surface area contributed by atoms with Gasteiger partial charge in [0.2, 0.25) is 5.91 Å². The standard InChI is InChI=1S/C15H31N3O.ClH/c1-12(2)9-18(10-13(3)4)15(19)11-17-7-6-16-8-14(17)5;/h12-14,16H,6-11H2,1-5H3;1H/t14-;/m0./s1. The van der Waals surface area contributed by atoms with E-state index in [9.17, 15) is 4.79 Å². The second-order valence-corrected chi connectivity index (χ2v) is 6.61. The van der Waals surface area contributed by atoms with Gasteiger partial charge in [0.15, 0.2) is 0 Å². The van der Waals surface area contributed by atoms with Crippen LogP contribution >= 0.6 is 12.4 Å². The Morgan fingerprint density at radius 3 is 2.25 bits per heavy atom. The van der Waals surface area contributed by atoms with Crippen LogP contribution in [0.2, 0.25) is 0 Å². The van der Waals surface area contributed by atoms with Crippen LogP contribution in [0, 0.1) is 11.8 Å². The van der Waals surface area contributed by atoms with Crippen LogP contribution < -0.4 is 5.32 Å². The molecule has 20 heavy (non-hydrogen) atoms. The van der Waals surface area contributed by atoms with Crippen molar-refractivity contribution in [2.45, 2.75) is 40.7 Å². The van der Waals surface area contributed by atoms with Gasteiger partial charge in [-0.15, -0.1) is 12.4 Å². The van der Waals surface area contributed by atoms with Crippen molar-refractivity contribution in [1.29, 1.82) is 0 Å². The molecule has 1 saturated heterocycles. The molecule has 1 aliphatic heterocycles. The maximum absolute atomic E-state index is 12.5. The first-order valence-electron chi connectivity index (χ1n) is 7.62. The summed E-state index contributed by atoms with van der Waals surface area (Å²) in [6.45, 7) is 16.2. The Morgan fingerprint density at radius 1 is 1.25 bits per heavy atom. The number of hydrogen-bond acceptors (Lipinski definition) is 3. The van der Waals surface area contributed by atoms with Gasteiger partial charge in [0.1, 0.15) is 0 Å². The maximum atomic E-state index is 12.5. The molecule has 0 aliphatic carbocycles. The minimum atomic E-state index is 0. The number of carbonyl (C=O) groups is 1. The van der Waals surface area contributed by atoms with Crippen LogP contribution in [-0.4, -0.2) is 61.0 Å². The van der Waals surface area contributed by atoms with Crippen LogP contribution in [0.4, 0.5) is 0 Å². The van der Waals surface area contributed by atoms with Crippen molar-refractivity contribution in [1.82, 2.24) is 15.1 Å². The zero-order valence-corrected chi connectivity index (χ0v) is 14.5. The summed E-state index contributed by atoms with van der Waals surface area (Å²) in [5.74, 6) is 1.35. The van der Waals surface area contributed by atoms with Crippen molar-refractivity contribution < 1.29 is 4.79 Å². The zero-order chi connectivity index (χ0) is 14.4. The molecule has 1 rings (SSSR count). The highest BCUT2D eigenvalue weighted by Gasteiger charge is 2.23. The Kier molecular flexibility index (Phi) is 9.43. The minimum absolute atomic E-state index is 0. The van der Waals surface area contributed by atoms with E-state index in [2.05, 4.69) is 44.8 Å². The smallest absolute Gasteiger partial charge is 0.236 e. The largest absolute Gasteiger partial charge is 0.341 e. The van der Waals surface area contributed by atoms with Crippen LogP contribution in [0.1, 0.15) is 34.6 Å². The molecule has 0 unspecified atom stereocenters. The van der Waals surface area contributed by atoms with E-state index >= 15 is 0 Å². The molecule has 5 heteroatoms. The summed E-state index contributed by atoms with van der Waals surface area (Å²) in [7, 11) is 0. The Hall–Kier alpha value is -0.320. The molecule has 4 nitrogen and oxygen atoms in total. The normalized spacial score (nSPS) is 20.1. The SMILES string of the molecule is CC(C)CN(CC(C)C)C(=O)CN1CCNC[C@@H]1C.Cl. The monoisotopic (exact) mass is 305 g/mol. The summed E-state index contributed by atoms with van der Waals surface area (Å²) < 4.78 is 0. The molecule has 0 spiro atoms. The predicted molar refractivity (Wildman–Crippen MR) is 87.4 cm³/mol. The molecule has 1 amide bonds. The first-order valence-corrected chi connectivity index (χ1v) is 7.62. The highest BCUT2D eigenvalue weighted by Crippen LogP contribution is 2.08. The Morgan fingerprint density at radius 2 is 1.80 bits per heavy atom. The number of amides is 1. The van der Waals surface area contributed by atoms with E-state index in [1.807, 2.05) is 4.90 Å². The molecule has 1 fully saturated rings. The second kappa shape index (κ2) is 9.59. The van der Waals surface area contributed by atoms with E-state index in [0.717, 1.165) is 32.7 Å². The third-order valence-corrected chi connectivity index (χ3v) is 3.50. The molecule has 120 valence electrons. The molecular weight excluding hydrogens is 274 g/mol. The van der Waals surface area contributed by atoms with Crippen LogP contribution in [0.5, 0.6) is 0 Å². The fourth-order valence-corrected chi connectivity index (χ4v) is 2.55. The number of nitrogens with one attached hydrogen (secondary N) is 1. The van der Waals surface area contributed by atoms with E-state index in [0.29, 0.717) is 24.4 Å². The fourth-order valence-electron chi connectivity index (χ4n) is 2.55. The molecule has 1 aliphatic rings. The Labute approximate surface area is 130 Å². The van der Waals surface area contributed by atoms with Gasteiger partial charge >= 0.3 is 0 Å². The highest BCUT2D eigenvalue weighted by atomic mass is 35.5. The fraction of sp³-hybridized carbons (Fsp3) is 0.933. The van der Waals surface area contributed by atoms with Crippen LogP contribution in [-0.2, 0) is 4.79 Å². The lowest BCUT2D eigenvalue weighted by atomic mass is 10.1. The number of hydrogen-bond donors (Lipinski definition) is 1. The van der Waals surface area contributed by atoms with Gasteiger partial charge in [-0.25, -0.2) is 0 Å². The topological polar surface area (TPSA) is 35.6 Å². The maximum Gasteiger partial charge on any atom is 0.236 e. The van der Waals surface area contributed by atoms with Crippen molar-refractivity contribution in [3.05, 3.63) is 0 Å². The van der Waals surface area contributed by atoms with Crippen molar-refractivity contribution in [3.63, 3.8) is 0 Å². The molecule has 0 bridgehead atoms. The third kappa shape index (κ3) is 6.91. The summed E-state index contributed by atoms with van der Waals surface area (Å²) in [4.78, 5) is 16.8. The van der Waals surface area contributed by atoms with E-state index in [4.69, 9.17) is 0 Å². The van der Waals surface area contributed by atoms with Crippen LogP contribution in [0.15, 0.2) is 0 Å². The molecule has 0 aromatic heterocycles. The first kappa shape index (κ1) is 19.7. The second-order valence-electron chi connectivity index (χ2n) is 6.61. The molecule has 1 N–H and O–H groups in total. The van der Waals surface area contributed by atoms with E-state index in [-0.39, 0.29) is 18.3 Å². The van der Waals surface area contributed by atoms with Crippen LogP contribution in [0.25, 0.3) is 0 Å². The van der Waals surface area contributed by atoms with Gasteiger partial charge in [0, 0.05) is 38.8 Å². The summed E-state index contributed by atoms with van der Waals surface area (Å²) in [6.07, 6.45) is 0. The summed E-state index contributed by atoms with van der Waals surface area (Å²) in [5, 5.41) is 3.36. The third-order valence-electron chi connectivity index (χ3n) is 3.50.